The van der Waals surface area contributed by atoms with Gasteiger partial charge in [0.2, 0.25) is 0 Å². The summed E-state index contributed by atoms with van der Waals surface area (Å²) < 4.78 is 4.87. The van der Waals surface area contributed by atoms with Crippen LogP contribution < -0.4 is 0 Å². The summed E-state index contributed by atoms with van der Waals surface area (Å²) in [6.45, 7) is 2.27. The van der Waals surface area contributed by atoms with E-state index in [1.54, 1.807) is 6.07 Å². The highest BCUT2D eigenvalue weighted by atomic mass is 16.5. The van der Waals surface area contributed by atoms with Crippen LogP contribution in [-0.2, 0) is 16.0 Å². The van der Waals surface area contributed by atoms with Gasteiger partial charge in [-0.25, -0.2) is 0 Å². The molecule has 0 saturated heterocycles. The van der Waals surface area contributed by atoms with E-state index in [2.05, 4.69) is 13.0 Å². The van der Waals surface area contributed by atoms with Crippen molar-refractivity contribution in [2.24, 2.45) is 23.2 Å². The quantitative estimate of drug-likeness (QED) is 0.807. The van der Waals surface area contributed by atoms with Gasteiger partial charge in [0.1, 0.15) is 5.75 Å². The van der Waals surface area contributed by atoms with Crippen LogP contribution in [0.15, 0.2) is 18.2 Å². The molecule has 4 nitrogen and oxygen atoms in total. The summed E-state index contributed by atoms with van der Waals surface area (Å²) in [4.78, 5) is 11.8. The summed E-state index contributed by atoms with van der Waals surface area (Å²) in [7, 11) is 1.45. The molecule has 2 saturated carbocycles. The van der Waals surface area contributed by atoms with E-state index in [1.165, 1.54) is 18.2 Å². The Kier molecular flexibility index (Phi) is 4.50. The minimum atomic E-state index is -0.227. The lowest BCUT2D eigenvalue weighted by Gasteiger charge is -2.54. The van der Waals surface area contributed by atoms with Crippen LogP contribution in [0.3, 0.4) is 0 Å². The molecule has 1 aromatic carbocycles. The average molecular weight is 358 g/mol. The molecular formula is C22H30O4. The molecule has 1 aromatic rings. The number of phenols is 1. The predicted octanol–water partition coefficient (Wildman–Crippen LogP) is 3.79. The Morgan fingerprint density at radius 2 is 2.12 bits per heavy atom. The van der Waals surface area contributed by atoms with Gasteiger partial charge in [-0.05, 0) is 90.9 Å². The fourth-order valence-electron chi connectivity index (χ4n) is 6.53. The number of methoxy groups -OCH3 is 1. The van der Waals surface area contributed by atoms with Gasteiger partial charge in [-0.15, -0.1) is 0 Å². The number of hydrogen-bond acceptors (Lipinski definition) is 4. The highest BCUT2D eigenvalue weighted by Crippen LogP contribution is 2.63. The van der Waals surface area contributed by atoms with Gasteiger partial charge in [0, 0.05) is 6.42 Å². The third-order valence-corrected chi connectivity index (χ3v) is 7.73. The number of aliphatic hydroxyl groups is 1. The van der Waals surface area contributed by atoms with Crippen LogP contribution in [0.5, 0.6) is 5.75 Å². The fourth-order valence-corrected chi connectivity index (χ4v) is 6.53. The number of fused-ring (bicyclic) bond motifs is 5. The molecule has 142 valence electrons. The monoisotopic (exact) mass is 358 g/mol. The van der Waals surface area contributed by atoms with Crippen LogP contribution in [0.25, 0.3) is 0 Å². The summed E-state index contributed by atoms with van der Waals surface area (Å²) >= 11 is 0. The maximum Gasteiger partial charge on any atom is 0.305 e. The molecule has 4 heteroatoms. The Hall–Kier alpha value is -1.55. The van der Waals surface area contributed by atoms with E-state index in [1.807, 2.05) is 6.07 Å². The van der Waals surface area contributed by atoms with E-state index < -0.39 is 0 Å². The Morgan fingerprint density at radius 1 is 1.31 bits per heavy atom. The zero-order valence-electron chi connectivity index (χ0n) is 15.8. The molecule has 2 N–H and O–H groups in total. The van der Waals surface area contributed by atoms with E-state index in [9.17, 15) is 15.0 Å². The molecule has 2 fully saturated rings. The summed E-state index contributed by atoms with van der Waals surface area (Å²) in [5.41, 5.74) is 2.59. The molecule has 0 spiro atoms. The molecule has 0 bridgehead atoms. The molecule has 6 atom stereocenters. The Morgan fingerprint density at radius 3 is 2.88 bits per heavy atom. The van der Waals surface area contributed by atoms with E-state index in [4.69, 9.17) is 4.74 Å². The lowest BCUT2D eigenvalue weighted by Crippen LogP contribution is -2.48. The van der Waals surface area contributed by atoms with Crippen molar-refractivity contribution in [1.29, 1.82) is 0 Å². The number of aromatic hydroxyl groups is 1. The Balaban J connectivity index is 1.70. The van der Waals surface area contributed by atoms with E-state index in [0.29, 0.717) is 35.8 Å². The third kappa shape index (κ3) is 2.74. The predicted molar refractivity (Wildman–Crippen MR) is 98.9 cm³/mol. The van der Waals surface area contributed by atoms with Crippen LogP contribution >= 0.6 is 0 Å². The highest BCUT2D eigenvalue weighted by molar-refractivity contribution is 5.69. The molecule has 3 aliphatic rings. The molecule has 26 heavy (non-hydrogen) atoms. The first-order valence-electron chi connectivity index (χ1n) is 10.0. The minimum Gasteiger partial charge on any atom is -0.508 e. The number of esters is 1. The third-order valence-electron chi connectivity index (χ3n) is 7.73. The van der Waals surface area contributed by atoms with Crippen molar-refractivity contribution in [2.75, 3.05) is 7.11 Å². The first-order valence-corrected chi connectivity index (χ1v) is 10.0. The molecule has 0 aromatic heterocycles. The zero-order valence-corrected chi connectivity index (χ0v) is 15.8. The maximum atomic E-state index is 11.8. The fraction of sp³-hybridized carbons (Fsp3) is 0.682. The Bertz CT molecular complexity index is 699. The van der Waals surface area contributed by atoms with Gasteiger partial charge in [0.15, 0.2) is 0 Å². The number of benzene rings is 1. The highest BCUT2D eigenvalue weighted by Gasteiger charge is 2.57. The summed E-state index contributed by atoms with van der Waals surface area (Å²) in [5.74, 6) is 2.10. The summed E-state index contributed by atoms with van der Waals surface area (Å²) in [5, 5.41) is 20.6. The molecule has 3 aliphatic carbocycles. The molecule has 0 aliphatic heterocycles. The van der Waals surface area contributed by atoms with Crippen molar-refractivity contribution in [2.45, 2.75) is 63.9 Å². The largest absolute Gasteiger partial charge is 0.508 e. The molecule has 4 rings (SSSR count). The molecule has 0 heterocycles. The lowest BCUT2D eigenvalue weighted by molar-refractivity contribution is -0.141. The van der Waals surface area contributed by atoms with Gasteiger partial charge < -0.3 is 14.9 Å². The number of hydrogen-bond donors (Lipinski definition) is 2. The standard InChI is InChI=1S/C22H30O4/c1-22-12-14(4-10-20(25)26-2)21-16-7-5-15(23)11-13(16)3-6-17(21)18(22)8-9-19(22)24/h5,7,11,14,17-19,21,23-24H,3-4,6,8-10,12H2,1-2H3/t14-,17-,18-,19-,21+,22-/m0/s1. The number of rotatable bonds is 3. The smallest absolute Gasteiger partial charge is 0.305 e. The number of aliphatic hydroxyl groups excluding tert-OH is 1. The summed E-state index contributed by atoms with van der Waals surface area (Å²) in [6, 6.07) is 5.82. The second kappa shape index (κ2) is 6.56. The zero-order chi connectivity index (χ0) is 18.5. The van der Waals surface area contributed by atoms with Crippen LogP contribution in [0.1, 0.15) is 62.5 Å². The van der Waals surface area contributed by atoms with Gasteiger partial charge in [-0.3, -0.25) is 4.79 Å². The number of phenolic OH excluding ortho intramolecular Hbond substituents is 1. The van der Waals surface area contributed by atoms with Crippen molar-refractivity contribution in [3.05, 3.63) is 29.3 Å². The van der Waals surface area contributed by atoms with E-state index in [-0.39, 0.29) is 17.5 Å². The molecule has 0 unspecified atom stereocenters. The number of carbonyl (C=O) groups excluding carboxylic acids is 1. The topological polar surface area (TPSA) is 66.8 Å². The summed E-state index contributed by atoms with van der Waals surface area (Å²) in [6.07, 6.45) is 6.11. The average Bonchev–Trinajstić information content (AvgIpc) is 2.93. The van der Waals surface area contributed by atoms with Crippen LogP contribution in [0.4, 0.5) is 0 Å². The van der Waals surface area contributed by atoms with Gasteiger partial charge in [0.05, 0.1) is 13.2 Å². The van der Waals surface area contributed by atoms with Crippen LogP contribution in [0.2, 0.25) is 0 Å². The minimum absolute atomic E-state index is 0.0314. The van der Waals surface area contributed by atoms with Crippen molar-refractivity contribution in [3.8, 4) is 5.75 Å². The van der Waals surface area contributed by atoms with Crippen molar-refractivity contribution >= 4 is 5.97 Å². The number of aryl methyl sites for hydroxylation is 1. The first-order chi connectivity index (χ1) is 12.4. The number of ether oxygens (including phenoxy) is 1. The van der Waals surface area contributed by atoms with Gasteiger partial charge >= 0.3 is 5.97 Å². The second-order valence-corrected chi connectivity index (χ2v) is 8.90. The molecule has 0 amide bonds. The first kappa shape index (κ1) is 17.8. The van der Waals surface area contributed by atoms with Crippen LogP contribution in [-0.4, -0.2) is 29.4 Å². The number of carbonyl (C=O) groups is 1. The lowest BCUT2D eigenvalue weighted by atomic mass is 9.51. The molecule has 0 radical (unpaired) electrons. The van der Waals surface area contributed by atoms with Crippen molar-refractivity contribution < 1.29 is 19.7 Å². The van der Waals surface area contributed by atoms with Gasteiger partial charge in [-0.2, -0.15) is 0 Å². The second-order valence-electron chi connectivity index (χ2n) is 8.90. The van der Waals surface area contributed by atoms with E-state index >= 15 is 0 Å². The van der Waals surface area contributed by atoms with Crippen molar-refractivity contribution in [3.63, 3.8) is 0 Å². The van der Waals surface area contributed by atoms with Gasteiger partial charge in [-0.1, -0.05) is 13.0 Å². The van der Waals surface area contributed by atoms with Crippen molar-refractivity contribution in [1.82, 2.24) is 0 Å². The van der Waals surface area contributed by atoms with Gasteiger partial charge in [0.25, 0.3) is 0 Å². The van der Waals surface area contributed by atoms with E-state index in [0.717, 1.165) is 38.5 Å². The normalized spacial score (nSPS) is 38.2. The Labute approximate surface area is 155 Å². The van der Waals surface area contributed by atoms with Crippen LogP contribution in [0, 0.1) is 23.2 Å². The maximum absolute atomic E-state index is 11.8. The SMILES string of the molecule is COC(=O)CC[C@H]1C[C@]2(C)[C@@H](O)CC[C@H]2[C@@H]2CCc3cc(O)ccc3[C@@H]12. The molecular weight excluding hydrogens is 328 g/mol.